The monoisotopic (exact) mass is 380 g/mol. The Morgan fingerprint density at radius 2 is 1.93 bits per heavy atom. The van der Waals surface area contributed by atoms with E-state index in [9.17, 15) is 14.4 Å². The van der Waals surface area contributed by atoms with Gasteiger partial charge in [0.05, 0.1) is 35.8 Å². The summed E-state index contributed by atoms with van der Waals surface area (Å²) in [5.41, 5.74) is 3.48. The van der Waals surface area contributed by atoms with Gasteiger partial charge in [-0.3, -0.25) is 9.59 Å². The highest BCUT2D eigenvalue weighted by Gasteiger charge is 2.18. The summed E-state index contributed by atoms with van der Waals surface area (Å²) in [5.74, 6) is -1.12. The maximum atomic E-state index is 12.7. The van der Waals surface area contributed by atoms with Crippen LogP contribution in [0.3, 0.4) is 0 Å². The lowest BCUT2D eigenvalue weighted by Crippen LogP contribution is -2.21. The lowest BCUT2D eigenvalue weighted by Gasteiger charge is -2.10. The summed E-state index contributed by atoms with van der Waals surface area (Å²) >= 11 is 0. The Morgan fingerprint density at radius 1 is 1.18 bits per heavy atom. The van der Waals surface area contributed by atoms with Gasteiger partial charge in [-0.2, -0.15) is 5.10 Å². The van der Waals surface area contributed by atoms with E-state index in [2.05, 4.69) is 20.1 Å². The summed E-state index contributed by atoms with van der Waals surface area (Å²) in [6.45, 7) is 5.72. The predicted octanol–water partition coefficient (Wildman–Crippen LogP) is 2.52. The normalized spacial score (nSPS) is 10.6. The van der Waals surface area contributed by atoms with E-state index in [1.54, 1.807) is 11.6 Å². The van der Waals surface area contributed by atoms with Crippen molar-refractivity contribution in [1.29, 1.82) is 0 Å². The van der Waals surface area contributed by atoms with Crippen LogP contribution < -0.4 is 10.9 Å². The van der Waals surface area contributed by atoms with Gasteiger partial charge in [-0.05, 0) is 44.0 Å². The fourth-order valence-electron chi connectivity index (χ4n) is 2.82. The lowest BCUT2D eigenvalue weighted by atomic mass is 10.1. The molecular formula is C20H20N4O4. The molecule has 0 spiro atoms. The Hall–Kier alpha value is -3.68. The molecule has 2 N–H and O–H groups in total. The minimum Gasteiger partial charge on any atom is -0.465 e. The van der Waals surface area contributed by atoms with E-state index in [1.165, 1.54) is 25.6 Å². The van der Waals surface area contributed by atoms with Gasteiger partial charge in [-0.15, -0.1) is 0 Å². The second kappa shape index (κ2) is 7.51. The molecular weight excluding hydrogens is 360 g/mol. The molecule has 0 radical (unpaired) electrons. The quantitative estimate of drug-likeness (QED) is 0.677. The average molecular weight is 380 g/mol. The number of benzene rings is 1. The standard InChI is InChI=1S/C20H20N4O4/c1-11-5-6-12(2)17(7-11)24-13(3)15(10-22-24)18(25)23-16-8-14(20(27)28-4)9-21-19(16)26/h5-10H,1-4H3,(H,21,26)(H,23,25). The molecule has 8 heteroatoms. The van der Waals surface area contributed by atoms with Crippen molar-refractivity contribution in [2.45, 2.75) is 20.8 Å². The van der Waals surface area contributed by atoms with E-state index in [-0.39, 0.29) is 11.3 Å². The Balaban J connectivity index is 1.93. The summed E-state index contributed by atoms with van der Waals surface area (Å²) < 4.78 is 6.31. The number of aromatic nitrogens is 3. The Kier molecular flexibility index (Phi) is 5.12. The summed E-state index contributed by atoms with van der Waals surface area (Å²) in [4.78, 5) is 38.7. The molecule has 0 aliphatic carbocycles. The van der Waals surface area contributed by atoms with E-state index in [0.717, 1.165) is 16.8 Å². The van der Waals surface area contributed by atoms with Crippen LogP contribution in [0.25, 0.3) is 5.69 Å². The van der Waals surface area contributed by atoms with Crippen LogP contribution >= 0.6 is 0 Å². The van der Waals surface area contributed by atoms with Crippen LogP contribution in [0.15, 0.2) is 41.5 Å². The number of anilines is 1. The highest BCUT2D eigenvalue weighted by Crippen LogP contribution is 2.20. The molecule has 3 aromatic rings. The number of rotatable bonds is 4. The molecule has 28 heavy (non-hydrogen) atoms. The van der Waals surface area contributed by atoms with Crippen molar-refractivity contribution in [2.24, 2.45) is 0 Å². The number of hydrogen-bond donors (Lipinski definition) is 2. The molecule has 0 bridgehead atoms. The van der Waals surface area contributed by atoms with Gasteiger partial charge in [-0.25, -0.2) is 9.48 Å². The van der Waals surface area contributed by atoms with Gasteiger partial charge in [0.25, 0.3) is 11.5 Å². The molecule has 2 aromatic heterocycles. The van der Waals surface area contributed by atoms with Gasteiger partial charge in [0.15, 0.2) is 0 Å². The van der Waals surface area contributed by atoms with Crippen LogP contribution in [0.1, 0.15) is 37.5 Å². The number of methoxy groups -OCH3 is 1. The topological polar surface area (TPSA) is 106 Å². The zero-order valence-corrected chi connectivity index (χ0v) is 16.0. The Labute approximate surface area is 161 Å². The molecule has 8 nitrogen and oxygen atoms in total. The fourth-order valence-corrected chi connectivity index (χ4v) is 2.82. The number of aryl methyl sites for hydroxylation is 2. The third kappa shape index (κ3) is 3.57. The number of hydrogen-bond acceptors (Lipinski definition) is 5. The predicted molar refractivity (Wildman–Crippen MR) is 104 cm³/mol. The number of carbonyl (C=O) groups is 2. The van der Waals surface area contributed by atoms with Gasteiger partial charge < -0.3 is 15.0 Å². The third-order valence-electron chi connectivity index (χ3n) is 4.42. The van der Waals surface area contributed by atoms with Gasteiger partial charge in [0.1, 0.15) is 5.69 Å². The molecule has 0 aliphatic heterocycles. The zero-order chi connectivity index (χ0) is 20.4. The molecule has 0 aliphatic rings. The molecule has 0 fully saturated rings. The molecule has 3 rings (SSSR count). The highest BCUT2D eigenvalue weighted by atomic mass is 16.5. The number of amides is 1. The Morgan fingerprint density at radius 3 is 2.64 bits per heavy atom. The van der Waals surface area contributed by atoms with Gasteiger partial charge in [-0.1, -0.05) is 12.1 Å². The van der Waals surface area contributed by atoms with E-state index in [4.69, 9.17) is 0 Å². The van der Waals surface area contributed by atoms with Crippen molar-refractivity contribution >= 4 is 17.6 Å². The minimum atomic E-state index is -0.620. The Bertz CT molecular complexity index is 1130. The molecule has 2 heterocycles. The van der Waals surface area contributed by atoms with Crippen molar-refractivity contribution < 1.29 is 14.3 Å². The second-order valence-electron chi connectivity index (χ2n) is 6.42. The first-order valence-corrected chi connectivity index (χ1v) is 8.56. The van der Waals surface area contributed by atoms with Crippen LogP contribution in [0.5, 0.6) is 0 Å². The van der Waals surface area contributed by atoms with E-state index in [0.29, 0.717) is 11.3 Å². The van der Waals surface area contributed by atoms with Crippen LogP contribution in [0.2, 0.25) is 0 Å². The van der Waals surface area contributed by atoms with Crippen molar-refractivity contribution in [3.8, 4) is 5.69 Å². The summed E-state index contributed by atoms with van der Waals surface area (Å²) in [7, 11) is 1.23. The molecule has 1 aromatic carbocycles. The van der Waals surface area contributed by atoms with Gasteiger partial charge >= 0.3 is 5.97 Å². The lowest BCUT2D eigenvalue weighted by molar-refractivity contribution is 0.0600. The molecule has 0 saturated carbocycles. The van der Waals surface area contributed by atoms with Gasteiger partial charge in [0.2, 0.25) is 0 Å². The number of aromatic amines is 1. The van der Waals surface area contributed by atoms with Crippen molar-refractivity contribution in [3.63, 3.8) is 0 Å². The first-order chi connectivity index (χ1) is 13.3. The van der Waals surface area contributed by atoms with Crippen LogP contribution in [-0.4, -0.2) is 33.8 Å². The van der Waals surface area contributed by atoms with Crippen molar-refractivity contribution in [3.05, 3.63) is 75.0 Å². The van der Waals surface area contributed by atoms with E-state index in [1.807, 2.05) is 32.0 Å². The molecule has 0 unspecified atom stereocenters. The smallest absolute Gasteiger partial charge is 0.339 e. The summed E-state index contributed by atoms with van der Waals surface area (Å²) in [5, 5.41) is 6.86. The number of pyridine rings is 1. The summed E-state index contributed by atoms with van der Waals surface area (Å²) in [6.07, 6.45) is 2.68. The number of H-pyrrole nitrogens is 1. The SMILES string of the molecule is COC(=O)c1c[nH]c(=O)c(NC(=O)c2cnn(-c3cc(C)ccc3C)c2C)c1. The van der Waals surface area contributed by atoms with E-state index < -0.39 is 17.4 Å². The van der Waals surface area contributed by atoms with E-state index >= 15 is 0 Å². The van der Waals surface area contributed by atoms with Crippen molar-refractivity contribution in [2.75, 3.05) is 12.4 Å². The first kappa shape index (κ1) is 19.1. The number of ether oxygens (including phenoxy) is 1. The van der Waals surface area contributed by atoms with Crippen LogP contribution in [-0.2, 0) is 4.74 Å². The van der Waals surface area contributed by atoms with Gasteiger partial charge in [0, 0.05) is 6.20 Å². The average Bonchev–Trinajstić information content (AvgIpc) is 3.06. The zero-order valence-electron chi connectivity index (χ0n) is 16.0. The number of carbonyl (C=O) groups excluding carboxylic acids is 2. The first-order valence-electron chi connectivity index (χ1n) is 8.56. The summed E-state index contributed by atoms with van der Waals surface area (Å²) in [6, 6.07) is 7.25. The maximum Gasteiger partial charge on any atom is 0.339 e. The third-order valence-corrected chi connectivity index (χ3v) is 4.42. The van der Waals surface area contributed by atoms with Crippen LogP contribution in [0, 0.1) is 20.8 Å². The van der Waals surface area contributed by atoms with Crippen molar-refractivity contribution in [1.82, 2.24) is 14.8 Å². The highest BCUT2D eigenvalue weighted by molar-refractivity contribution is 6.05. The fraction of sp³-hybridized carbons (Fsp3) is 0.200. The van der Waals surface area contributed by atoms with Crippen LogP contribution in [0.4, 0.5) is 5.69 Å². The number of esters is 1. The number of nitrogens with zero attached hydrogens (tertiary/aromatic N) is 2. The number of nitrogens with one attached hydrogen (secondary N) is 2. The maximum absolute atomic E-state index is 12.7. The molecule has 144 valence electrons. The molecule has 0 atom stereocenters. The largest absolute Gasteiger partial charge is 0.465 e. The minimum absolute atomic E-state index is 0.0493. The molecule has 1 amide bonds. The molecule has 0 saturated heterocycles. The second-order valence-corrected chi connectivity index (χ2v) is 6.42.